The van der Waals surface area contributed by atoms with Crippen LogP contribution in [0.15, 0.2) is 18.2 Å². The van der Waals surface area contributed by atoms with Crippen molar-refractivity contribution in [3.63, 3.8) is 0 Å². The Morgan fingerprint density at radius 2 is 1.75 bits per heavy atom. The molecule has 0 saturated heterocycles. The molecule has 3 heteroatoms. The molecule has 3 nitrogen and oxygen atoms in total. The molecule has 0 aliphatic rings. The third kappa shape index (κ3) is 3.14. The van der Waals surface area contributed by atoms with Gasteiger partial charge in [0, 0.05) is 0 Å². The van der Waals surface area contributed by atoms with Crippen LogP contribution in [0.5, 0.6) is 11.5 Å². The molecular weight excluding hydrogens is 204 g/mol. The topological polar surface area (TPSA) is 38.7 Å². The predicted molar refractivity (Wildman–Crippen MR) is 64.3 cm³/mol. The van der Waals surface area contributed by atoms with Gasteiger partial charge in [-0.05, 0) is 37.0 Å². The minimum absolute atomic E-state index is 0.289. The lowest BCUT2D eigenvalue weighted by Gasteiger charge is -2.16. The number of benzene rings is 1. The predicted octanol–water partition coefficient (Wildman–Crippen LogP) is 2.58. The summed E-state index contributed by atoms with van der Waals surface area (Å²) in [5.74, 6) is 1.77. The minimum atomic E-state index is -0.289. The minimum Gasteiger partial charge on any atom is -0.493 e. The van der Waals surface area contributed by atoms with Crippen molar-refractivity contribution in [2.45, 2.75) is 32.3 Å². The van der Waals surface area contributed by atoms with Crippen LogP contribution >= 0.6 is 0 Å². The van der Waals surface area contributed by atoms with Gasteiger partial charge in [0.25, 0.3) is 0 Å². The lowest BCUT2D eigenvalue weighted by atomic mass is 9.95. The first-order valence-electron chi connectivity index (χ1n) is 5.48. The molecule has 0 aliphatic heterocycles. The third-order valence-corrected chi connectivity index (χ3v) is 2.67. The number of methoxy groups -OCH3 is 2. The Labute approximate surface area is 97.0 Å². The highest BCUT2D eigenvalue weighted by Gasteiger charge is 2.11. The fraction of sp³-hybridized carbons (Fsp3) is 0.538. The van der Waals surface area contributed by atoms with E-state index in [-0.39, 0.29) is 6.10 Å². The smallest absolute Gasteiger partial charge is 0.160 e. The summed E-state index contributed by atoms with van der Waals surface area (Å²) in [4.78, 5) is 0. The molecule has 1 aromatic rings. The van der Waals surface area contributed by atoms with Gasteiger partial charge in [0.15, 0.2) is 11.5 Å². The van der Waals surface area contributed by atoms with Crippen molar-refractivity contribution in [3.8, 4) is 11.5 Å². The summed E-state index contributed by atoms with van der Waals surface area (Å²) >= 11 is 0. The average Bonchev–Trinajstić information content (AvgIpc) is 2.27. The van der Waals surface area contributed by atoms with Crippen LogP contribution in [0.2, 0.25) is 0 Å². The Kier molecular flexibility index (Phi) is 4.62. The van der Waals surface area contributed by atoms with E-state index >= 15 is 0 Å². The van der Waals surface area contributed by atoms with Gasteiger partial charge in [-0.1, -0.05) is 13.0 Å². The number of hydrogen-bond donors (Lipinski definition) is 1. The van der Waals surface area contributed by atoms with Crippen molar-refractivity contribution in [3.05, 3.63) is 23.8 Å². The van der Waals surface area contributed by atoms with E-state index in [0.717, 1.165) is 23.5 Å². The fourth-order valence-corrected chi connectivity index (χ4v) is 1.81. The average molecular weight is 224 g/mol. The van der Waals surface area contributed by atoms with E-state index in [1.54, 1.807) is 21.1 Å². The molecule has 90 valence electrons. The number of aliphatic hydroxyl groups is 1. The normalized spacial score (nSPS) is 14.3. The van der Waals surface area contributed by atoms with Gasteiger partial charge in [0.2, 0.25) is 0 Å². The molecule has 0 aliphatic carbocycles. The molecular formula is C13H20O3. The molecule has 0 spiro atoms. The number of rotatable bonds is 5. The van der Waals surface area contributed by atoms with Gasteiger partial charge >= 0.3 is 0 Å². The summed E-state index contributed by atoms with van der Waals surface area (Å²) in [6.45, 7) is 3.89. The number of ether oxygens (including phenoxy) is 2. The Morgan fingerprint density at radius 3 is 2.25 bits per heavy atom. The van der Waals surface area contributed by atoms with Crippen molar-refractivity contribution in [2.24, 2.45) is 0 Å². The second-order valence-electron chi connectivity index (χ2n) is 4.10. The van der Waals surface area contributed by atoms with Gasteiger partial charge in [0.1, 0.15) is 0 Å². The Hall–Kier alpha value is -1.22. The summed E-state index contributed by atoms with van der Waals surface area (Å²) in [5, 5.41) is 9.36. The van der Waals surface area contributed by atoms with Crippen molar-refractivity contribution >= 4 is 0 Å². The molecule has 1 rings (SSSR count). The second kappa shape index (κ2) is 5.75. The molecule has 2 atom stereocenters. The van der Waals surface area contributed by atoms with Crippen LogP contribution in [-0.4, -0.2) is 25.4 Å². The summed E-state index contributed by atoms with van der Waals surface area (Å²) < 4.78 is 10.4. The fourth-order valence-electron chi connectivity index (χ4n) is 1.81. The highest BCUT2D eigenvalue weighted by atomic mass is 16.5. The van der Waals surface area contributed by atoms with E-state index in [0.29, 0.717) is 5.92 Å². The Balaban J connectivity index is 2.89. The maximum atomic E-state index is 9.36. The first-order valence-corrected chi connectivity index (χ1v) is 5.48. The van der Waals surface area contributed by atoms with Crippen LogP contribution < -0.4 is 9.47 Å². The maximum Gasteiger partial charge on any atom is 0.160 e. The molecule has 1 N–H and O–H groups in total. The lowest BCUT2D eigenvalue weighted by Crippen LogP contribution is -2.06. The lowest BCUT2D eigenvalue weighted by molar-refractivity contribution is 0.176. The van der Waals surface area contributed by atoms with E-state index in [1.807, 2.05) is 18.2 Å². The molecule has 0 amide bonds. The van der Waals surface area contributed by atoms with E-state index in [9.17, 15) is 5.11 Å². The van der Waals surface area contributed by atoms with Crippen LogP contribution in [-0.2, 0) is 0 Å². The Morgan fingerprint density at radius 1 is 1.12 bits per heavy atom. The summed E-state index contributed by atoms with van der Waals surface area (Å²) in [5.41, 5.74) is 1.15. The van der Waals surface area contributed by atoms with E-state index in [1.165, 1.54) is 0 Å². The number of hydrogen-bond acceptors (Lipinski definition) is 3. The zero-order valence-electron chi connectivity index (χ0n) is 10.4. The molecule has 0 fully saturated rings. The first-order chi connectivity index (χ1) is 7.58. The van der Waals surface area contributed by atoms with Crippen LogP contribution in [0.1, 0.15) is 31.7 Å². The number of aliphatic hydroxyl groups excluding tert-OH is 1. The Bertz CT molecular complexity index is 334. The zero-order chi connectivity index (χ0) is 12.1. The molecule has 0 heterocycles. The van der Waals surface area contributed by atoms with Crippen molar-refractivity contribution in [1.29, 1.82) is 0 Å². The van der Waals surface area contributed by atoms with Gasteiger partial charge in [-0.25, -0.2) is 0 Å². The van der Waals surface area contributed by atoms with E-state index in [2.05, 4.69) is 6.92 Å². The standard InChI is InChI=1S/C13H20O3/c1-9(7-10(2)14)11-5-6-12(15-3)13(8-11)16-4/h5-6,8-10,14H,7H2,1-4H3. The van der Waals surface area contributed by atoms with Gasteiger partial charge in [-0.3, -0.25) is 0 Å². The molecule has 0 aromatic heterocycles. The largest absolute Gasteiger partial charge is 0.493 e. The summed E-state index contributed by atoms with van der Waals surface area (Å²) in [7, 11) is 3.25. The van der Waals surface area contributed by atoms with Crippen LogP contribution in [0.3, 0.4) is 0 Å². The maximum absolute atomic E-state index is 9.36. The van der Waals surface area contributed by atoms with Gasteiger partial charge in [0.05, 0.1) is 20.3 Å². The first kappa shape index (κ1) is 12.8. The quantitative estimate of drug-likeness (QED) is 0.835. The molecule has 0 bridgehead atoms. The summed E-state index contributed by atoms with van der Waals surface area (Å²) in [6.07, 6.45) is 0.457. The van der Waals surface area contributed by atoms with Crippen LogP contribution in [0, 0.1) is 0 Å². The highest BCUT2D eigenvalue weighted by molar-refractivity contribution is 5.43. The highest BCUT2D eigenvalue weighted by Crippen LogP contribution is 2.31. The van der Waals surface area contributed by atoms with Crippen molar-refractivity contribution in [2.75, 3.05) is 14.2 Å². The van der Waals surface area contributed by atoms with Crippen LogP contribution in [0.25, 0.3) is 0 Å². The third-order valence-electron chi connectivity index (χ3n) is 2.67. The second-order valence-corrected chi connectivity index (χ2v) is 4.10. The van der Waals surface area contributed by atoms with Crippen molar-refractivity contribution in [1.82, 2.24) is 0 Å². The molecule has 16 heavy (non-hydrogen) atoms. The molecule has 0 saturated carbocycles. The van der Waals surface area contributed by atoms with E-state index < -0.39 is 0 Å². The van der Waals surface area contributed by atoms with Gasteiger partial charge in [-0.2, -0.15) is 0 Å². The van der Waals surface area contributed by atoms with E-state index in [4.69, 9.17) is 9.47 Å². The molecule has 0 radical (unpaired) electrons. The monoisotopic (exact) mass is 224 g/mol. The zero-order valence-corrected chi connectivity index (χ0v) is 10.4. The SMILES string of the molecule is COc1ccc(C(C)CC(C)O)cc1OC. The van der Waals surface area contributed by atoms with Gasteiger partial charge in [-0.15, -0.1) is 0 Å². The molecule has 1 aromatic carbocycles. The van der Waals surface area contributed by atoms with Crippen molar-refractivity contribution < 1.29 is 14.6 Å². The summed E-state index contributed by atoms with van der Waals surface area (Å²) in [6, 6.07) is 5.87. The van der Waals surface area contributed by atoms with Gasteiger partial charge < -0.3 is 14.6 Å². The van der Waals surface area contributed by atoms with Crippen LogP contribution in [0.4, 0.5) is 0 Å². The molecule has 2 unspecified atom stereocenters.